The van der Waals surface area contributed by atoms with Crippen LogP contribution in [0.15, 0.2) is 47.4 Å². The Morgan fingerprint density at radius 2 is 1.64 bits per heavy atom. The highest BCUT2D eigenvalue weighted by Gasteiger charge is 2.19. The maximum atomic E-state index is 12.9. The Kier molecular flexibility index (Phi) is 6.11. The van der Waals surface area contributed by atoms with Gasteiger partial charge in [-0.2, -0.15) is 0 Å². The van der Waals surface area contributed by atoms with Crippen molar-refractivity contribution >= 4 is 10.0 Å². The van der Waals surface area contributed by atoms with Crippen molar-refractivity contribution in [3.05, 3.63) is 64.7 Å². The normalized spacial score (nSPS) is 18.0. The van der Waals surface area contributed by atoms with Gasteiger partial charge in [-0.3, -0.25) is 0 Å². The number of ether oxygens (including phenoxy) is 1. The quantitative estimate of drug-likeness (QED) is 0.771. The van der Waals surface area contributed by atoms with E-state index in [0.717, 1.165) is 57.7 Å². The zero-order chi connectivity index (χ0) is 19.4. The molecule has 1 aliphatic heterocycles. The molecule has 4 rings (SSSR count). The minimum Gasteiger partial charge on any atom is -0.370 e. The summed E-state index contributed by atoms with van der Waals surface area (Å²) in [6.07, 6.45) is 4.37. The highest BCUT2D eigenvalue weighted by Crippen LogP contribution is 2.24. The molecule has 0 saturated carbocycles. The number of aryl methyl sites for hydroxylation is 2. The van der Waals surface area contributed by atoms with Crippen molar-refractivity contribution in [2.75, 3.05) is 26.3 Å². The molecule has 0 bridgehead atoms. The van der Waals surface area contributed by atoms with Crippen molar-refractivity contribution in [3.63, 3.8) is 0 Å². The predicted octanol–water partition coefficient (Wildman–Crippen LogP) is 1.46. The minimum atomic E-state index is -3.52. The zero-order valence-electron chi connectivity index (χ0n) is 16.2. The standard InChI is InChI=1S/C22H28N2O3S/c25-28(26,22-10-9-18-5-1-2-6-19(18)15-22)23-16-20-7-3-4-8-21(20)17-24-11-13-27-14-12-24/h3-4,7-10,15,23H,1-2,5-6,11-14,16-17H2/p+1. The third-order valence-electron chi connectivity index (χ3n) is 5.84. The Hall–Kier alpha value is -1.73. The highest BCUT2D eigenvalue weighted by molar-refractivity contribution is 7.89. The SMILES string of the molecule is O=S(=O)(NCc1ccccc1C[NH+]1CCOCC1)c1ccc2c(c1)CCCC2. The molecule has 0 spiro atoms. The fourth-order valence-corrected chi connectivity index (χ4v) is 5.20. The van der Waals surface area contributed by atoms with Crippen LogP contribution in [-0.4, -0.2) is 34.7 Å². The molecule has 0 aromatic heterocycles. The Bertz CT molecular complexity index is 921. The average molecular weight is 402 g/mol. The van der Waals surface area contributed by atoms with E-state index in [0.29, 0.717) is 11.4 Å². The third-order valence-corrected chi connectivity index (χ3v) is 7.24. The first-order valence-corrected chi connectivity index (χ1v) is 11.7. The van der Waals surface area contributed by atoms with E-state index in [1.54, 1.807) is 6.07 Å². The fourth-order valence-electron chi connectivity index (χ4n) is 4.14. The minimum absolute atomic E-state index is 0.319. The summed E-state index contributed by atoms with van der Waals surface area (Å²) in [7, 11) is -3.52. The van der Waals surface area contributed by atoms with E-state index in [2.05, 4.69) is 10.8 Å². The van der Waals surface area contributed by atoms with Crippen LogP contribution in [0.25, 0.3) is 0 Å². The van der Waals surface area contributed by atoms with E-state index in [9.17, 15) is 8.42 Å². The molecular weight excluding hydrogens is 372 g/mol. The van der Waals surface area contributed by atoms with Gasteiger partial charge in [0.1, 0.15) is 19.6 Å². The molecule has 1 aliphatic carbocycles. The summed E-state index contributed by atoms with van der Waals surface area (Å²) < 4.78 is 34.0. The van der Waals surface area contributed by atoms with E-state index < -0.39 is 10.0 Å². The van der Waals surface area contributed by atoms with Crippen LogP contribution < -0.4 is 9.62 Å². The third kappa shape index (κ3) is 4.63. The Morgan fingerprint density at radius 3 is 2.43 bits per heavy atom. The van der Waals surface area contributed by atoms with Crippen LogP contribution in [0.3, 0.4) is 0 Å². The van der Waals surface area contributed by atoms with Crippen LogP contribution in [0.4, 0.5) is 0 Å². The molecule has 150 valence electrons. The molecule has 28 heavy (non-hydrogen) atoms. The Balaban J connectivity index is 1.46. The van der Waals surface area contributed by atoms with E-state index in [1.165, 1.54) is 28.0 Å². The largest absolute Gasteiger partial charge is 0.370 e. The van der Waals surface area contributed by atoms with Gasteiger partial charge in [0.2, 0.25) is 10.0 Å². The van der Waals surface area contributed by atoms with Crippen molar-refractivity contribution < 1.29 is 18.1 Å². The van der Waals surface area contributed by atoms with Crippen LogP contribution in [0.5, 0.6) is 0 Å². The number of hydrogen-bond donors (Lipinski definition) is 2. The predicted molar refractivity (Wildman–Crippen MR) is 109 cm³/mol. The van der Waals surface area contributed by atoms with Crippen molar-refractivity contribution in [1.29, 1.82) is 0 Å². The lowest BCUT2D eigenvalue weighted by Gasteiger charge is -2.24. The second-order valence-corrected chi connectivity index (χ2v) is 9.54. The number of nitrogens with one attached hydrogen (secondary N) is 2. The van der Waals surface area contributed by atoms with Gasteiger partial charge in [-0.05, 0) is 54.5 Å². The number of benzene rings is 2. The zero-order valence-corrected chi connectivity index (χ0v) is 17.1. The number of hydrogen-bond acceptors (Lipinski definition) is 3. The lowest BCUT2D eigenvalue weighted by atomic mass is 9.92. The molecule has 0 radical (unpaired) electrons. The molecule has 0 unspecified atom stereocenters. The monoisotopic (exact) mass is 401 g/mol. The Labute approximate surface area is 167 Å². The number of quaternary nitrogens is 1. The summed E-state index contributed by atoms with van der Waals surface area (Å²) in [6, 6.07) is 13.7. The molecular formula is C22H29N2O3S+. The number of sulfonamides is 1. The van der Waals surface area contributed by atoms with E-state index >= 15 is 0 Å². The molecule has 1 fully saturated rings. The van der Waals surface area contributed by atoms with Gasteiger partial charge in [0, 0.05) is 12.1 Å². The number of fused-ring (bicyclic) bond motifs is 1. The summed E-state index contributed by atoms with van der Waals surface area (Å²) in [5, 5.41) is 0. The second-order valence-electron chi connectivity index (χ2n) is 7.77. The average Bonchev–Trinajstić information content (AvgIpc) is 2.73. The summed E-state index contributed by atoms with van der Waals surface area (Å²) in [5.41, 5.74) is 4.73. The lowest BCUT2D eigenvalue weighted by molar-refractivity contribution is -0.921. The van der Waals surface area contributed by atoms with Crippen LogP contribution >= 0.6 is 0 Å². The summed E-state index contributed by atoms with van der Waals surface area (Å²) >= 11 is 0. The number of rotatable bonds is 6. The van der Waals surface area contributed by atoms with E-state index in [1.807, 2.05) is 30.3 Å². The highest BCUT2D eigenvalue weighted by atomic mass is 32.2. The summed E-state index contributed by atoms with van der Waals surface area (Å²) in [4.78, 5) is 1.86. The molecule has 1 saturated heterocycles. The van der Waals surface area contributed by atoms with Crippen molar-refractivity contribution in [2.24, 2.45) is 0 Å². The molecule has 2 aromatic rings. The molecule has 0 atom stereocenters. The molecule has 6 heteroatoms. The van der Waals surface area contributed by atoms with Gasteiger partial charge in [-0.15, -0.1) is 0 Å². The van der Waals surface area contributed by atoms with Gasteiger partial charge in [0.05, 0.1) is 18.1 Å². The molecule has 0 amide bonds. The second kappa shape index (κ2) is 8.74. The first kappa shape index (κ1) is 19.6. The first-order valence-electron chi connectivity index (χ1n) is 10.2. The van der Waals surface area contributed by atoms with Crippen molar-refractivity contribution in [2.45, 2.75) is 43.7 Å². The van der Waals surface area contributed by atoms with Crippen LogP contribution in [0, 0.1) is 0 Å². The van der Waals surface area contributed by atoms with Crippen LogP contribution in [0.2, 0.25) is 0 Å². The van der Waals surface area contributed by atoms with Crippen molar-refractivity contribution in [1.82, 2.24) is 4.72 Å². The van der Waals surface area contributed by atoms with E-state index in [4.69, 9.17) is 4.74 Å². The first-order chi connectivity index (χ1) is 13.6. The van der Waals surface area contributed by atoms with Crippen LogP contribution in [-0.2, 0) is 40.7 Å². The van der Waals surface area contributed by atoms with Gasteiger partial charge < -0.3 is 9.64 Å². The molecule has 2 aliphatic rings. The molecule has 1 heterocycles. The smallest absolute Gasteiger partial charge is 0.240 e. The van der Waals surface area contributed by atoms with Crippen molar-refractivity contribution in [3.8, 4) is 0 Å². The topological polar surface area (TPSA) is 59.8 Å². The Morgan fingerprint density at radius 1 is 0.929 bits per heavy atom. The van der Waals surface area contributed by atoms with Gasteiger partial charge in [-0.25, -0.2) is 13.1 Å². The molecule has 2 N–H and O–H groups in total. The number of morpholine rings is 1. The van der Waals surface area contributed by atoms with Gasteiger partial charge in [-0.1, -0.05) is 30.3 Å². The summed E-state index contributed by atoms with van der Waals surface area (Å²) in [5.74, 6) is 0. The molecule has 2 aromatic carbocycles. The van der Waals surface area contributed by atoms with Gasteiger partial charge in [0.25, 0.3) is 0 Å². The van der Waals surface area contributed by atoms with Gasteiger partial charge >= 0.3 is 0 Å². The summed E-state index contributed by atoms with van der Waals surface area (Å²) in [6.45, 7) is 4.80. The van der Waals surface area contributed by atoms with E-state index in [-0.39, 0.29) is 0 Å². The maximum absolute atomic E-state index is 12.9. The van der Waals surface area contributed by atoms with Crippen LogP contribution in [0.1, 0.15) is 35.1 Å². The fraction of sp³-hybridized carbons (Fsp3) is 0.455. The molecule has 5 nitrogen and oxygen atoms in total. The van der Waals surface area contributed by atoms with Gasteiger partial charge in [0.15, 0.2) is 0 Å². The maximum Gasteiger partial charge on any atom is 0.240 e. The lowest BCUT2D eigenvalue weighted by Crippen LogP contribution is -3.12.